The van der Waals surface area contributed by atoms with E-state index in [0.717, 1.165) is 31.9 Å². The topological polar surface area (TPSA) is 50.6 Å². The number of ether oxygens (including phenoxy) is 1. The molecule has 29 heavy (non-hydrogen) atoms. The number of aromatic nitrogens is 2. The third-order valence-corrected chi connectivity index (χ3v) is 5.04. The Bertz CT molecular complexity index is 963. The van der Waals surface area contributed by atoms with Crippen LogP contribution in [0.1, 0.15) is 16.1 Å². The van der Waals surface area contributed by atoms with Gasteiger partial charge in [-0.1, -0.05) is 12.1 Å². The smallest absolute Gasteiger partial charge is 0.272 e. The normalized spacial score (nSPS) is 14.1. The molecular formula is C22H23FN4O2. The number of benzene rings is 2. The molecule has 2 heterocycles. The summed E-state index contributed by atoms with van der Waals surface area (Å²) in [4.78, 5) is 21.0. The molecule has 0 atom stereocenters. The molecule has 1 aliphatic rings. The molecule has 1 aromatic heterocycles. The van der Waals surface area contributed by atoms with Crippen LogP contribution in [0.2, 0.25) is 0 Å². The Hall–Kier alpha value is -3.19. The van der Waals surface area contributed by atoms with Gasteiger partial charge in [-0.25, -0.2) is 9.37 Å². The van der Waals surface area contributed by atoms with Gasteiger partial charge in [0.05, 0.1) is 25.7 Å². The molecular weight excluding hydrogens is 371 g/mol. The van der Waals surface area contributed by atoms with E-state index >= 15 is 0 Å². The predicted molar refractivity (Wildman–Crippen MR) is 109 cm³/mol. The third-order valence-electron chi connectivity index (χ3n) is 5.04. The molecule has 0 saturated carbocycles. The SMILES string of the molecule is CN(Cc1ccc(N2CCOCC2)cc1)C(=O)c1cncn1-c1ccc(F)cc1. The zero-order valence-corrected chi connectivity index (χ0v) is 16.3. The van der Waals surface area contributed by atoms with E-state index in [1.165, 1.54) is 24.0 Å². The van der Waals surface area contributed by atoms with Crippen molar-refractivity contribution in [2.75, 3.05) is 38.3 Å². The molecule has 1 aliphatic heterocycles. The summed E-state index contributed by atoms with van der Waals surface area (Å²) >= 11 is 0. The molecule has 0 N–H and O–H groups in total. The van der Waals surface area contributed by atoms with Gasteiger partial charge in [-0.15, -0.1) is 0 Å². The van der Waals surface area contributed by atoms with Crippen LogP contribution in [0, 0.1) is 5.82 Å². The van der Waals surface area contributed by atoms with E-state index < -0.39 is 0 Å². The molecule has 150 valence electrons. The monoisotopic (exact) mass is 394 g/mol. The van der Waals surface area contributed by atoms with Crippen LogP contribution in [-0.4, -0.2) is 53.7 Å². The van der Waals surface area contributed by atoms with E-state index in [9.17, 15) is 9.18 Å². The number of carbonyl (C=O) groups is 1. The van der Waals surface area contributed by atoms with E-state index in [1.807, 2.05) is 12.1 Å². The lowest BCUT2D eigenvalue weighted by atomic mass is 10.1. The number of carbonyl (C=O) groups excluding carboxylic acids is 1. The molecule has 6 nitrogen and oxygen atoms in total. The second-order valence-corrected chi connectivity index (χ2v) is 7.05. The zero-order chi connectivity index (χ0) is 20.2. The Labute approximate surface area is 169 Å². The minimum absolute atomic E-state index is 0.149. The molecule has 0 bridgehead atoms. The Kier molecular flexibility index (Phi) is 5.57. The quantitative estimate of drug-likeness (QED) is 0.667. The Morgan fingerprint density at radius 1 is 1.07 bits per heavy atom. The fourth-order valence-electron chi connectivity index (χ4n) is 3.44. The van der Waals surface area contributed by atoms with E-state index in [2.05, 4.69) is 22.0 Å². The van der Waals surface area contributed by atoms with Crippen molar-refractivity contribution < 1.29 is 13.9 Å². The first-order valence-corrected chi connectivity index (χ1v) is 9.57. The lowest BCUT2D eigenvalue weighted by Crippen LogP contribution is -2.36. The molecule has 1 saturated heterocycles. The molecule has 3 aromatic rings. The van der Waals surface area contributed by atoms with Crippen LogP contribution in [0.5, 0.6) is 0 Å². The van der Waals surface area contributed by atoms with Crippen LogP contribution in [0.4, 0.5) is 10.1 Å². The molecule has 7 heteroatoms. The average molecular weight is 394 g/mol. The van der Waals surface area contributed by atoms with Crippen molar-refractivity contribution in [3.8, 4) is 5.69 Å². The summed E-state index contributed by atoms with van der Waals surface area (Å²) in [7, 11) is 1.76. The first-order chi connectivity index (χ1) is 14.1. The Balaban J connectivity index is 1.45. The summed E-state index contributed by atoms with van der Waals surface area (Å²) in [6, 6.07) is 14.2. The molecule has 0 radical (unpaired) electrons. The molecule has 1 amide bonds. The van der Waals surface area contributed by atoms with Gasteiger partial charge < -0.3 is 14.5 Å². The van der Waals surface area contributed by atoms with Gasteiger partial charge in [0.1, 0.15) is 11.5 Å². The summed E-state index contributed by atoms with van der Waals surface area (Å²) in [6.45, 7) is 3.77. The van der Waals surface area contributed by atoms with Crippen molar-refractivity contribution in [2.45, 2.75) is 6.54 Å². The predicted octanol–water partition coefficient (Wildman–Crippen LogP) is 3.12. The highest BCUT2D eigenvalue weighted by molar-refractivity contribution is 5.92. The number of amides is 1. The van der Waals surface area contributed by atoms with Crippen molar-refractivity contribution in [3.05, 3.63) is 78.1 Å². The maximum Gasteiger partial charge on any atom is 0.272 e. The number of halogens is 1. The first-order valence-electron chi connectivity index (χ1n) is 9.57. The van der Waals surface area contributed by atoms with Crippen LogP contribution in [0.3, 0.4) is 0 Å². The van der Waals surface area contributed by atoms with Gasteiger partial charge in [-0.2, -0.15) is 0 Å². The largest absolute Gasteiger partial charge is 0.378 e. The Morgan fingerprint density at radius 3 is 2.41 bits per heavy atom. The second kappa shape index (κ2) is 8.45. The summed E-state index contributed by atoms with van der Waals surface area (Å²) in [6.07, 6.45) is 3.09. The maximum absolute atomic E-state index is 13.2. The number of imidazole rings is 1. The minimum atomic E-state index is -0.320. The summed E-state index contributed by atoms with van der Waals surface area (Å²) in [5.41, 5.74) is 3.34. The number of hydrogen-bond donors (Lipinski definition) is 0. The number of nitrogens with zero attached hydrogens (tertiary/aromatic N) is 4. The average Bonchev–Trinajstić information content (AvgIpc) is 3.24. The summed E-state index contributed by atoms with van der Waals surface area (Å²) < 4.78 is 20.3. The van der Waals surface area contributed by atoms with Crippen LogP contribution < -0.4 is 4.90 Å². The van der Waals surface area contributed by atoms with Crippen LogP contribution >= 0.6 is 0 Å². The van der Waals surface area contributed by atoms with Gasteiger partial charge in [0.2, 0.25) is 0 Å². The fourth-order valence-corrected chi connectivity index (χ4v) is 3.44. The first kappa shape index (κ1) is 19.1. The highest BCUT2D eigenvalue weighted by atomic mass is 19.1. The molecule has 0 spiro atoms. The third kappa shape index (κ3) is 4.30. The van der Waals surface area contributed by atoms with Crippen LogP contribution in [-0.2, 0) is 11.3 Å². The lowest BCUT2D eigenvalue weighted by Gasteiger charge is -2.29. The standard InChI is InChI=1S/C22H23FN4O2/c1-25(15-17-2-6-19(7-3-17)26-10-12-29-13-11-26)22(28)21-14-24-16-27(21)20-8-4-18(23)5-9-20/h2-9,14,16H,10-13,15H2,1H3. The van der Waals surface area contributed by atoms with E-state index in [1.54, 1.807) is 35.0 Å². The highest BCUT2D eigenvalue weighted by Gasteiger charge is 2.18. The number of hydrogen-bond acceptors (Lipinski definition) is 4. The molecule has 0 unspecified atom stereocenters. The van der Waals surface area contributed by atoms with Gasteiger partial charge in [0.15, 0.2) is 0 Å². The van der Waals surface area contributed by atoms with E-state index in [-0.39, 0.29) is 11.7 Å². The maximum atomic E-state index is 13.2. The van der Waals surface area contributed by atoms with Crippen molar-refractivity contribution in [1.29, 1.82) is 0 Å². The Morgan fingerprint density at radius 2 is 1.72 bits per heavy atom. The highest BCUT2D eigenvalue weighted by Crippen LogP contribution is 2.19. The van der Waals surface area contributed by atoms with Crippen LogP contribution in [0.15, 0.2) is 61.1 Å². The fraction of sp³-hybridized carbons (Fsp3) is 0.273. The van der Waals surface area contributed by atoms with Gasteiger partial charge in [0.25, 0.3) is 5.91 Å². The van der Waals surface area contributed by atoms with Gasteiger partial charge >= 0.3 is 0 Å². The lowest BCUT2D eigenvalue weighted by molar-refractivity contribution is 0.0777. The van der Waals surface area contributed by atoms with E-state index in [4.69, 9.17) is 4.74 Å². The van der Waals surface area contributed by atoms with Crippen molar-refractivity contribution in [1.82, 2.24) is 14.5 Å². The second-order valence-electron chi connectivity index (χ2n) is 7.05. The number of rotatable bonds is 5. The zero-order valence-electron chi connectivity index (χ0n) is 16.3. The van der Waals surface area contributed by atoms with E-state index in [0.29, 0.717) is 17.9 Å². The molecule has 1 fully saturated rings. The molecule has 2 aromatic carbocycles. The van der Waals surface area contributed by atoms with Gasteiger partial charge in [0, 0.05) is 38.1 Å². The van der Waals surface area contributed by atoms with Gasteiger partial charge in [-0.3, -0.25) is 9.36 Å². The minimum Gasteiger partial charge on any atom is -0.378 e. The number of anilines is 1. The van der Waals surface area contributed by atoms with Crippen molar-refractivity contribution in [2.24, 2.45) is 0 Å². The van der Waals surface area contributed by atoms with Crippen LogP contribution in [0.25, 0.3) is 5.69 Å². The summed E-state index contributed by atoms with van der Waals surface area (Å²) in [5.74, 6) is -0.469. The number of morpholine rings is 1. The summed E-state index contributed by atoms with van der Waals surface area (Å²) in [5, 5.41) is 0. The van der Waals surface area contributed by atoms with Crippen molar-refractivity contribution >= 4 is 11.6 Å². The van der Waals surface area contributed by atoms with Gasteiger partial charge in [-0.05, 0) is 42.0 Å². The molecule has 0 aliphatic carbocycles. The molecule has 4 rings (SSSR count). The van der Waals surface area contributed by atoms with Crippen molar-refractivity contribution in [3.63, 3.8) is 0 Å².